The first kappa shape index (κ1) is 13.1. The molecule has 1 aromatic heterocycles. The van der Waals surface area contributed by atoms with Crippen LogP contribution < -0.4 is 0 Å². The molecule has 2 nitrogen and oxygen atoms in total. The van der Waals surface area contributed by atoms with Crippen LogP contribution in [0.25, 0.3) is 11.0 Å². The summed E-state index contributed by atoms with van der Waals surface area (Å²) in [5, 5.41) is 0.449. The summed E-state index contributed by atoms with van der Waals surface area (Å²) in [6.45, 7) is 2.44. The van der Waals surface area contributed by atoms with Gasteiger partial charge in [-0.2, -0.15) is 0 Å². The molecule has 0 radical (unpaired) electrons. The molecule has 102 valence electrons. The van der Waals surface area contributed by atoms with E-state index in [2.05, 4.69) is 4.98 Å². The van der Waals surface area contributed by atoms with Gasteiger partial charge in [0.2, 0.25) is 0 Å². The normalized spacial score (nSPS) is 11.2. The van der Waals surface area contributed by atoms with Gasteiger partial charge in [-0.15, -0.1) is 0 Å². The Balaban J connectivity index is 2.15. The SMILES string of the molecule is CCc1nc2ccccc2n1Cc1c(F)cccc1Cl. The average molecular weight is 289 g/mol. The summed E-state index contributed by atoms with van der Waals surface area (Å²) in [4.78, 5) is 4.58. The number of nitrogens with zero attached hydrogens (tertiary/aromatic N) is 2. The van der Waals surface area contributed by atoms with Gasteiger partial charge in [-0.3, -0.25) is 0 Å². The van der Waals surface area contributed by atoms with Crippen molar-refractivity contribution in [3.05, 3.63) is 64.7 Å². The Morgan fingerprint density at radius 1 is 1.15 bits per heavy atom. The lowest BCUT2D eigenvalue weighted by Gasteiger charge is -2.10. The van der Waals surface area contributed by atoms with Crippen molar-refractivity contribution in [2.45, 2.75) is 19.9 Å². The molecule has 0 saturated carbocycles. The lowest BCUT2D eigenvalue weighted by atomic mass is 10.2. The highest BCUT2D eigenvalue weighted by Crippen LogP contribution is 2.24. The Bertz CT molecular complexity index is 744. The van der Waals surface area contributed by atoms with Gasteiger partial charge >= 0.3 is 0 Å². The third kappa shape index (κ3) is 2.18. The minimum absolute atomic E-state index is 0.280. The van der Waals surface area contributed by atoms with E-state index in [1.54, 1.807) is 12.1 Å². The quantitative estimate of drug-likeness (QED) is 0.697. The number of hydrogen-bond acceptors (Lipinski definition) is 1. The van der Waals surface area contributed by atoms with E-state index in [9.17, 15) is 4.39 Å². The van der Waals surface area contributed by atoms with E-state index in [1.165, 1.54) is 6.07 Å². The number of aryl methyl sites for hydroxylation is 1. The minimum atomic E-state index is -0.280. The molecule has 4 heteroatoms. The number of halogens is 2. The molecule has 2 aromatic carbocycles. The van der Waals surface area contributed by atoms with Crippen molar-refractivity contribution >= 4 is 22.6 Å². The summed E-state index contributed by atoms with van der Waals surface area (Å²) >= 11 is 6.12. The predicted molar refractivity (Wildman–Crippen MR) is 79.6 cm³/mol. The Kier molecular flexibility index (Phi) is 3.45. The van der Waals surface area contributed by atoms with Gasteiger partial charge in [0.05, 0.1) is 17.6 Å². The second-order valence-corrected chi connectivity index (χ2v) is 5.06. The van der Waals surface area contributed by atoms with Crippen LogP contribution in [0.3, 0.4) is 0 Å². The molecule has 1 heterocycles. The summed E-state index contributed by atoms with van der Waals surface area (Å²) in [5.74, 6) is 0.655. The zero-order valence-corrected chi connectivity index (χ0v) is 11.9. The van der Waals surface area contributed by atoms with E-state index in [1.807, 2.05) is 35.8 Å². The van der Waals surface area contributed by atoms with Crippen LogP contribution in [0.2, 0.25) is 5.02 Å². The third-order valence-corrected chi connectivity index (χ3v) is 3.78. The molecule has 3 aromatic rings. The summed E-state index contributed by atoms with van der Waals surface area (Å²) in [7, 11) is 0. The number of rotatable bonds is 3. The van der Waals surface area contributed by atoms with Crippen LogP contribution in [0, 0.1) is 5.82 Å². The van der Waals surface area contributed by atoms with E-state index in [0.29, 0.717) is 17.1 Å². The average Bonchev–Trinajstić information content (AvgIpc) is 2.81. The molecule has 0 spiro atoms. The number of fused-ring (bicyclic) bond motifs is 1. The molecule has 0 aliphatic heterocycles. The molecule has 0 aliphatic carbocycles. The minimum Gasteiger partial charge on any atom is -0.323 e. The number of para-hydroxylation sites is 2. The van der Waals surface area contributed by atoms with Gasteiger partial charge in [0.1, 0.15) is 11.6 Å². The first-order valence-electron chi connectivity index (χ1n) is 6.57. The monoisotopic (exact) mass is 288 g/mol. The molecule has 3 rings (SSSR count). The Morgan fingerprint density at radius 3 is 2.70 bits per heavy atom. The Labute approximate surface area is 121 Å². The van der Waals surface area contributed by atoms with Crippen molar-refractivity contribution < 1.29 is 4.39 Å². The fourth-order valence-corrected chi connectivity index (χ4v) is 2.64. The van der Waals surface area contributed by atoms with Crippen LogP contribution in [0.4, 0.5) is 4.39 Å². The maximum Gasteiger partial charge on any atom is 0.129 e. The van der Waals surface area contributed by atoms with E-state index < -0.39 is 0 Å². The van der Waals surface area contributed by atoms with Gasteiger partial charge in [0.25, 0.3) is 0 Å². The van der Waals surface area contributed by atoms with Gasteiger partial charge in [-0.1, -0.05) is 36.7 Å². The van der Waals surface area contributed by atoms with Crippen LogP contribution in [0.5, 0.6) is 0 Å². The van der Waals surface area contributed by atoms with Crippen molar-refractivity contribution in [3.8, 4) is 0 Å². The first-order valence-corrected chi connectivity index (χ1v) is 6.95. The van der Waals surface area contributed by atoms with Gasteiger partial charge in [0, 0.05) is 17.0 Å². The smallest absolute Gasteiger partial charge is 0.129 e. The van der Waals surface area contributed by atoms with Crippen molar-refractivity contribution in [3.63, 3.8) is 0 Å². The lowest BCUT2D eigenvalue weighted by Crippen LogP contribution is -2.06. The van der Waals surface area contributed by atoms with Crippen LogP contribution in [0.15, 0.2) is 42.5 Å². The molecule has 0 amide bonds. The summed E-state index contributed by atoms with van der Waals surface area (Å²) in [6, 6.07) is 12.6. The number of hydrogen-bond donors (Lipinski definition) is 0. The third-order valence-electron chi connectivity index (χ3n) is 3.43. The lowest BCUT2D eigenvalue weighted by molar-refractivity contribution is 0.598. The van der Waals surface area contributed by atoms with Crippen LogP contribution in [-0.4, -0.2) is 9.55 Å². The fourth-order valence-electron chi connectivity index (χ4n) is 2.41. The molecule has 0 saturated heterocycles. The zero-order valence-electron chi connectivity index (χ0n) is 11.1. The highest BCUT2D eigenvalue weighted by Gasteiger charge is 2.13. The van der Waals surface area contributed by atoms with E-state index in [-0.39, 0.29) is 5.82 Å². The van der Waals surface area contributed by atoms with Gasteiger partial charge in [-0.05, 0) is 24.3 Å². The maximum absolute atomic E-state index is 14.0. The summed E-state index contributed by atoms with van der Waals surface area (Å²) in [6.07, 6.45) is 0.792. The van der Waals surface area contributed by atoms with Crippen LogP contribution >= 0.6 is 11.6 Å². The van der Waals surface area contributed by atoms with Gasteiger partial charge in [-0.25, -0.2) is 9.37 Å². The Morgan fingerprint density at radius 2 is 1.95 bits per heavy atom. The highest BCUT2D eigenvalue weighted by molar-refractivity contribution is 6.31. The molecule has 0 fully saturated rings. The second-order valence-electron chi connectivity index (χ2n) is 4.66. The van der Waals surface area contributed by atoms with E-state index in [4.69, 9.17) is 11.6 Å². The number of aromatic nitrogens is 2. The predicted octanol–water partition coefficient (Wildman–Crippen LogP) is 4.44. The Hall–Kier alpha value is -1.87. The maximum atomic E-state index is 14.0. The van der Waals surface area contributed by atoms with Crippen molar-refractivity contribution in [1.29, 1.82) is 0 Å². The molecular formula is C16H14ClFN2. The van der Waals surface area contributed by atoms with E-state index >= 15 is 0 Å². The van der Waals surface area contributed by atoms with Crippen LogP contribution in [0.1, 0.15) is 18.3 Å². The summed E-state index contributed by atoms with van der Waals surface area (Å²) in [5.41, 5.74) is 2.44. The van der Waals surface area contributed by atoms with Crippen molar-refractivity contribution in [2.24, 2.45) is 0 Å². The zero-order chi connectivity index (χ0) is 14.1. The first-order chi connectivity index (χ1) is 9.70. The molecule has 0 bridgehead atoms. The summed E-state index contributed by atoms with van der Waals surface area (Å²) < 4.78 is 16.0. The molecule has 0 aliphatic rings. The second kappa shape index (κ2) is 5.25. The van der Waals surface area contributed by atoms with Gasteiger partial charge in [0.15, 0.2) is 0 Å². The topological polar surface area (TPSA) is 17.8 Å². The van der Waals surface area contributed by atoms with E-state index in [0.717, 1.165) is 23.3 Å². The molecule has 0 N–H and O–H groups in total. The fraction of sp³-hybridized carbons (Fsp3) is 0.188. The molecule has 0 unspecified atom stereocenters. The number of imidazole rings is 1. The molecular weight excluding hydrogens is 275 g/mol. The van der Waals surface area contributed by atoms with Crippen LogP contribution in [-0.2, 0) is 13.0 Å². The van der Waals surface area contributed by atoms with Gasteiger partial charge < -0.3 is 4.57 Å². The van der Waals surface area contributed by atoms with Crippen molar-refractivity contribution in [2.75, 3.05) is 0 Å². The molecule has 0 atom stereocenters. The largest absolute Gasteiger partial charge is 0.323 e. The molecule has 20 heavy (non-hydrogen) atoms. The van der Waals surface area contributed by atoms with Crippen molar-refractivity contribution in [1.82, 2.24) is 9.55 Å². The number of benzene rings is 2. The highest BCUT2D eigenvalue weighted by atomic mass is 35.5. The standard InChI is InChI=1S/C16H14ClFN2/c1-2-16-19-14-8-3-4-9-15(14)20(16)10-11-12(17)6-5-7-13(11)18/h3-9H,2,10H2,1H3.